The number of carbonyl (C=O) groups excluding carboxylic acids is 1. The molecule has 1 aromatic heterocycles. The molecule has 0 spiro atoms. The average Bonchev–Trinajstić information content (AvgIpc) is 3.22. The van der Waals surface area contributed by atoms with E-state index >= 15 is 0 Å². The van der Waals surface area contributed by atoms with Crippen LogP contribution in [0, 0.1) is 0 Å². The molecule has 1 amide bonds. The van der Waals surface area contributed by atoms with E-state index in [1.807, 2.05) is 75.4 Å². The highest BCUT2D eigenvalue weighted by Gasteiger charge is 2.35. The van der Waals surface area contributed by atoms with Gasteiger partial charge in [-0.05, 0) is 49.2 Å². The Kier molecular flexibility index (Phi) is 6.80. The maximum atomic E-state index is 14.0. The lowest BCUT2D eigenvalue weighted by molar-refractivity contribution is -0.127. The van der Waals surface area contributed by atoms with E-state index < -0.39 is 6.04 Å². The minimum absolute atomic E-state index is 0.120. The molecule has 1 aliphatic rings. The number of fused-ring (bicyclic) bond motifs is 2. The number of rotatable bonds is 6. The zero-order valence-corrected chi connectivity index (χ0v) is 22.2. The number of allylic oxidation sites excluding steroid dienone is 1. The highest BCUT2D eigenvalue weighted by molar-refractivity contribution is 7.07. The van der Waals surface area contributed by atoms with Gasteiger partial charge in [-0.2, -0.15) is 0 Å². The van der Waals surface area contributed by atoms with Gasteiger partial charge in [0.2, 0.25) is 0 Å². The summed E-state index contributed by atoms with van der Waals surface area (Å²) in [5.74, 6) is 0.501. The van der Waals surface area contributed by atoms with Gasteiger partial charge in [0.15, 0.2) is 4.80 Å². The van der Waals surface area contributed by atoms with Crippen molar-refractivity contribution in [2.24, 2.45) is 4.99 Å². The first-order chi connectivity index (χ1) is 18.0. The summed E-state index contributed by atoms with van der Waals surface area (Å²) in [7, 11) is 1.60. The molecule has 6 nitrogen and oxygen atoms in total. The maximum absolute atomic E-state index is 14.0. The minimum atomic E-state index is -0.643. The highest BCUT2D eigenvalue weighted by Crippen LogP contribution is 2.36. The van der Waals surface area contributed by atoms with E-state index in [9.17, 15) is 9.59 Å². The van der Waals surface area contributed by atoms with Crippen molar-refractivity contribution in [1.82, 2.24) is 9.47 Å². The Hall–Kier alpha value is -3.97. The summed E-state index contributed by atoms with van der Waals surface area (Å²) < 4.78 is 7.91. The third kappa shape index (κ3) is 4.29. The molecule has 0 unspecified atom stereocenters. The summed E-state index contributed by atoms with van der Waals surface area (Å²) in [5, 5.41) is 2.18. The largest absolute Gasteiger partial charge is 0.496 e. The fourth-order valence-electron chi connectivity index (χ4n) is 4.98. The molecule has 4 aromatic rings. The number of aromatic nitrogens is 1. The fraction of sp³-hybridized carbons (Fsp3) is 0.233. The van der Waals surface area contributed by atoms with Gasteiger partial charge in [-0.15, -0.1) is 0 Å². The molecule has 5 rings (SSSR count). The lowest BCUT2D eigenvalue weighted by atomic mass is 9.94. The second-order valence-electron chi connectivity index (χ2n) is 8.87. The first-order valence-electron chi connectivity index (χ1n) is 12.4. The van der Waals surface area contributed by atoms with Gasteiger partial charge in [0.05, 0.1) is 22.9 Å². The number of likely N-dealkylation sites (N-methyl/N-ethyl adjacent to an activating group) is 1. The molecule has 188 valence electrons. The third-order valence-electron chi connectivity index (χ3n) is 6.85. The molecule has 0 N–H and O–H groups in total. The highest BCUT2D eigenvalue weighted by atomic mass is 32.1. The van der Waals surface area contributed by atoms with Crippen molar-refractivity contribution in [3.8, 4) is 5.75 Å². The summed E-state index contributed by atoms with van der Waals surface area (Å²) in [6.45, 7) is 6.89. The SMILES string of the molecule is CCN(CC)C(=O)C1=C(C)N=c2s/c(=C/c3cccc4ccccc34)c(=O)n2[C@@H]1c1ccccc1OC. The van der Waals surface area contributed by atoms with Gasteiger partial charge in [0.1, 0.15) is 11.8 Å². The second-order valence-corrected chi connectivity index (χ2v) is 9.88. The molecule has 0 saturated carbocycles. The topological polar surface area (TPSA) is 63.9 Å². The molecule has 37 heavy (non-hydrogen) atoms. The van der Waals surface area contributed by atoms with E-state index in [2.05, 4.69) is 18.2 Å². The number of thiazole rings is 1. The van der Waals surface area contributed by atoms with Crippen LogP contribution in [0.15, 0.2) is 87.8 Å². The van der Waals surface area contributed by atoms with Gasteiger partial charge in [-0.25, -0.2) is 4.99 Å². The van der Waals surface area contributed by atoms with Crippen molar-refractivity contribution >= 4 is 34.1 Å². The normalized spacial score (nSPS) is 15.5. The van der Waals surface area contributed by atoms with Gasteiger partial charge in [-0.1, -0.05) is 72.0 Å². The number of hydrogen-bond donors (Lipinski definition) is 0. The van der Waals surface area contributed by atoms with Crippen LogP contribution in [0.1, 0.15) is 37.9 Å². The standard InChI is InChI=1S/C30H29N3O3S/c1-5-32(6-2)29(35)26-19(3)31-30-33(27(26)23-16-9-10-17-24(23)36-4)28(34)25(37-30)18-21-14-11-13-20-12-7-8-15-22(20)21/h7-18,27H,5-6H2,1-4H3/b25-18+/t27-/m1/s1. The van der Waals surface area contributed by atoms with Crippen LogP contribution in [0.4, 0.5) is 0 Å². The van der Waals surface area contributed by atoms with E-state index in [0.29, 0.717) is 39.4 Å². The number of nitrogens with zero attached hydrogens (tertiary/aromatic N) is 3. The number of amides is 1. The molecule has 0 saturated heterocycles. The van der Waals surface area contributed by atoms with Crippen molar-refractivity contribution < 1.29 is 9.53 Å². The zero-order valence-electron chi connectivity index (χ0n) is 21.4. The molecule has 0 aliphatic carbocycles. The number of benzene rings is 3. The molecule has 0 bridgehead atoms. The summed E-state index contributed by atoms with van der Waals surface area (Å²) >= 11 is 1.34. The lowest BCUT2D eigenvalue weighted by Crippen LogP contribution is -2.43. The average molecular weight is 512 g/mol. The zero-order chi connectivity index (χ0) is 26.1. The predicted molar refractivity (Wildman–Crippen MR) is 149 cm³/mol. The van der Waals surface area contributed by atoms with Gasteiger partial charge >= 0.3 is 0 Å². The van der Waals surface area contributed by atoms with Crippen molar-refractivity contribution in [3.63, 3.8) is 0 Å². The van der Waals surface area contributed by atoms with Crippen molar-refractivity contribution in [2.45, 2.75) is 26.8 Å². The molecule has 3 aromatic carbocycles. The third-order valence-corrected chi connectivity index (χ3v) is 7.83. The molecular formula is C30H29N3O3S. The van der Waals surface area contributed by atoms with E-state index in [0.717, 1.165) is 21.9 Å². The quantitative estimate of drug-likeness (QED) is 0.389. The molecule has 0 radical (unpaired) electrons. The number of hydrogen-bond acceptors (Lipinski definition) is 5. The van der Waals surface area contributed by atoms with Crippen LogP contribution >= 0.6 is 11.3 Å². The fourth-order valence-corrected chi connectivity index (χ4v) is 6.02. The lowest BCUT2D eigenvalue weighted by Gasteiger charge is -2.29. The molecule has 1 atom stereocenters. The van der Waals surface area contributed by atoms with E-state index in [1.54, 1.807) is 16.6 Å². The molecule has 1 aliphatic heterocycles. The van der Waals surface area contributed by atoms with Crippen LogP contribution < -0.4 is 19.6 Å². The van der Waals surface area contributed by atoms with Crippen molar-refractivity contribution in [2.75, 3.05) is 20.2 Å². The number of ether oxygens (including phenoxy) is 1. The van der Waals surface area contributed by atoms with Crippen LogP contribution in [-0.2, 0) is 4.79 Å². The number of carbonyl (C=O) groups is 1. The van der Waals surface area contributed by atoms with Crippen LogP contribution in [0.2, 0.25) is 0 Å². The smallest absolute Gasteiger partial charge is 0.271 e. The van der Waals surface area contributed by atoms with Gasteiger partial charge in [0, 0.05) is 18.7 Å². The molecule has 7 heteroatoms. The Morgan fingerprint density at radius 3 is 2.51 bits per heavy atom. The van der Waals surface area contributed by atoms with Crippen LogP contribution in [0.25, 0.3) is 16.8 Å². The van der Waals surface area contributed by atoms with Crippen LogP contribution in [0.5, 0.6) is 5.75 Å². The van der Waals surface area contributed by atoms with E-state index in [4.69, 9.17) is 9.73 Å². The minimum Gasteiger partial charge on any atom is -0.496 e. The molecule has 0 fully saturated rings. The predicted octanol–water partition coefficient (Wildman–Crippen LogP) is 4.27. The van der Waals surface area contributed by atoms with E-state index in [1.165, 1.54) is 11.3 Å². The van der Waals surface area contributed by atoms with Crippen molar-refractivity contribution in [1.29, 1.82) is 0 Å². The number of para-hydroxylation sites is 1. The van der Waals surface area contributed by atoms with Crippen LogP contribution in [-0.4, -0.2) is 35.6 Å². The summed E-state index contributed by atoms with van der Waals surface area (Å²) in [4.78, 5) is 34.9. The Morgan fingerprint density at radius 2 is 1.76 bits per heavy atom. The van der Waals surface area contributed by atoms with Gasteiger partial charge < -0.3 is 9.64 Å². The maximum Gasteiger partial charge on any atom is 0.271 e. The Bertz CT molecular complexity index is 1700. The second kappa shape index (κ2) is 10.2. The number of methoxy groups -OCH3 is 1. The first kappa shape index (κ1) is 24.7. The summed E-state index contributed by atoms with van der Waals surface area (Å²) in [5.41, 5.74) is 2.66. The molecular weight excluding hydrogens is 482 g/mol. The molecule has 2 heterocycles. The van der Waals surface area contributed by atoms with Crippen LogP contribution in [0.3, 0.4) is 0 Å². The van der Waals surface area contributed by atoms with Gasteiger partial charge in [-0.3, -0.25) is 14.2 Å². The summed E-state index contributed by atoms with van der Waals surface area (Å²) in [6, 6.07) is 21.1. The Balaban J connectivity index is 1.78. The Labute approximate surface area is 219 Å². The van der Waals surface area contributed by atoms with E-state index in [-0.39, 0.29) is 11.5 Å². The summed E-state index contributed by atoms with van der Waals surface area (Å²) in [6.07, 6.45) is 1.93. The first-order valence-corrected chi connectivity index (χ1v) is 13.2. The Morgan fingerprint density at radius 1 is 1.05 bits per heavy atom. The van der Waals surface area contributed by atoms with Gasteiger partial charge in [0.25, 0.3) is 11.5 Å². The van der Waals surface area contributed by atoms with Crippen molar-refractivity contribution in [3.05, 3.63) is 109 Å². The monoisotopic (exact) mass is 511 g/mol.